The van der Waals surface area contributed by atoms with Crippen LogP contribution in [-0.4, -0.2) is 43.6 Å². The van der Waals surface area contributed by atoms with Crippen LogP contribution in [0.4, 0.5) is 0 Å². The van der Waals surface area contributed by atoms with Crippen molar-refractivity contribution < 1.29 is 19.1 Å². The van der Waals surface area contributed by atoms with Crippen LogP contribution in [0.15, 0.2) is 30.3 Å². The summed E-state index contributed by atoms with van der Waals surface area (Å²) < 4.78 is 10.0. The molecule has 0 amide bonds. The van der Waals surface area contributed by atoms with Gasteiger partial charge in [-0.3, -0.25) is 9.69 Å². The molecule has 1 atom stereocenters. The van der Waals surface area contributed by atoms with Crippen molar-refractivity contribution in [2.75, 3.05) is 26.8 Å². The molecule has 0 saturated heterocycles. The zero-order chi connectivity index (χ0) is 15.7. The fourth-order valence-electron chi connectivity index (χ4n) is 2.06. The Balaban J connectivity index is 2.76. The molecule has 116 valence electrons. The smallest absolute Gasteiger partial charge is 0.327 e. The standard InChI is InChI=1S/C16H23NO4/c1-4-20-14(18)11-12-17(3)15(16(19)21-5-2)13-9-7-6-8-10-13/h6-10,15H,4-5,11-12H2,1-3H3/t15-/m1/s1. The van der Waals surface area contributed by atoms with E-state index in [1.54, 1.807) is 20.9 Å². The Labute approximate surface area is 125 Å². The second-order valence-electron chi connectivity index (χ2n) is 4.60. The van der Waals surface area contributed by atoms with Crippen LogP contribution in [-0.2, 0) is 19.1 Å². The van der Waals surface area contributed by atoms with E-state index in [2.05, 4.69) is 0 Å². The highest BCUT2D eigenvalue weighted by molar-refractivity contribution is 5.77. The molecule has 0 spiro atoms. The van der Waals surface area contributed by atoms with Gasteiger partial charge in [-0.2, -0.15) is 0 Å². The Kier molecular flexibility index (Phi) is 7.46. The van der Waals surface area contributed by atoms with Crippen molar-refractivity contribution in [2.24, 2.45) is 0 Å². The Bertz CT molecular complexity index is 447. The molecule has 0 bridgehead atoms. The number of hydrogen-bond acceptors (Lipinski definition) is 5. The maximum Gasteiger partial charge on any atom is 0.327 e. The monoisotopic (exact) mass is 293 g/mol. The van der Waals surface area contributed by atoms with Gasteiger partial charge < -0.3 is 9.47 Å². The van der Waals surface area contributed by atoms with Gasteiger partial charge in [-0.1, -0.05) is 30.3 Å². The fraction of sp³-hybridized carbons (Fsp3) is 0.500. The summed E-state index contributed by atoms with van der Waals surface area (Å²) in [5, 5.41) is 0. The average Bonchev–Trinajstić information content (AvgIpc) is 2.47. The zero-order valence-corrected chi connectivity index (χ0v) is 12.9. The number of carbonyl (C=O) groups excluding carboxylic acids is 2. The molecule has 1 aromatic carbocycles. The summed E-state index contributed by atoms with van der Waals surface area (Å²) in [6, 6.07) is 8.89. The minimum absolute atomic E-state index is 0.243. The number of rotatable bonds is 8. The maximum absolute atomic E-state index is 12.2. The third-order valence-electron chi connectivity index (χ3n) is 3.04. The van der Waals surface area contributed by atoms with Crippen LogP contribution in [0.5, 0.6) is 0 Å². The lowest BCUT2D eigenvalue weighted by molar-refractivity contribution is -0.151. The topological polar surface area (TPSA) is 55.8 Å². The largest absolute Gasteiger partial charge is 0.466 e. The average molecular weight is 293 g/mol. The van der Waals surface area contributed by atoms with Crippen LogP contribution in [0.25, 0.3) is 0 Å². The molecule has 21 heavy (non-hydrogen) atoms. The van der Waals surface area contributed by atoms with Crippen molar-refractivity contribution >= 4 is 11.9 Å². The molecule has 0 aliphatic carbocycles. The maximum atomic E-state index is 12.2. The fourth-order valence-corrected chi connectivity index (χ4v) is 2.06. The second-order valence-corrected chi connectivity index (χ2v) is 4.60. The lowest BCUT2D eigenvalue weighted by Gasteiger charge is -2.26. The molecule has 0 aliphatic rings. The molecule has 0 aliphatic heterocycles. The molecule has 0 radical (unpaired) electrons. The van der Waals surface area contributed by atoms with Gasteiger partial charge in [0.2, 0.25) is 0 Å². The van der Waals surface area contributed by atoms with Gasteiger partial charge >= 0.3 is 11.9 Å². The van der Waals surface area contributed by atoms with Crippen molar-refractivity contribution in [2.45, 2.75) is 26.3 Å². The highest BCUT2D eigenvalue weighted by Gasteiger charge is 2.26. The molecule has 5 heteroatoms. The van der Waals surface area contributed by atoms with E-state index < -0.39 is 6.04 Å². The summed E-state index contributed by atoms with van der Waals surface area (Å²) in [6.07, 6.45) is 0.243. The minimum atomic E-state index is -0.513. The van der Waals surface area contributed by atoms with Gasteiger partial charge in [0.15, 0.2) is 0 Å². The van der Waals surface area contributed by atoms with Crippen LogP contribution in [0.1, 0.15) is 31.9 Å². The van der Waals surface area contributed by atoms with E-state index in [1.165, 1.54) is 0 Å². The molecule has 0 fully saturated rings. The van der Waals surface area contributed by atoms with Crippen molar-refractivity contribution in [1.29, 1.82) is 0 Å². The number of benzene rings is 1. The number of carbonyl (C=O) groups is 2. The highest BCUT2D eigenvalue weighted by atomic mass is 16.5. The van der Waals surface area contributed by atoms with Crippen LogP contribution in [0.2, 0.25) is 0 Å². The molecule has 0 N–H and O–H groups in total. The van der Waals surface area contributed by atoms with Crippen LogP contribution < -0.4 is 0 Å². The predicted molar refractivity (Wildman–Crippen MR) is 79.7 cm³/mol. The number of hydrogen-bond donors (Lipinski definition) is 0. The highest BCUT2D eigenvalue weighted by Crippen LogP contribution is 2.21. The van der Waals surface area contributed by atoms with E-state index in [-0.39, 0.29) is 18.4 Å². The Morgan fingerprint density at radius 2 is 1.71 bits per heavy atom. The van der Waals surface area contributed by atoms with Crippen LogP contribution >= 0.6 is 0 Å². The van der Waals surface area contributed by atoms with Gasteiger partial charge in [0.05, 0.1) is 19.6 Å². The lowest BCUT2D eigenvalue weighted by atomic mass is 10.1. The molecule has 5 nitrogen and oxygen atoms in total. The lowest BCUT2D eigenvalue weighted by Crippen LogP contribution is -2.34. The van der Waals surface area contributed by atoms with Crippen LogP contribution in [0.3, 0.4) is 0 Å². The second kappa shape index (κ2) is 9.13. The van der Waals surface area contributed by atoms with E-state index in [0.717, 1.165) is 5.56 Å². The van der Waals surface area contributed by atoms with Crippen molar-refractivity contribution in [1.82, 2.24) is 4.90 Å². The summed E-state index contributed by atoms with van der Waals surface area (Å²) in [7, 11) is 1.80. The van der Waals surface area contributed by atoms with Crippen LogP contribution in [0, 0.1) is 0 Å². The van der Waals surface area contributed by atoms with Gasteiger partial charge in [-0.15, -0.1) is 0 Å². The van der Waals surface area contributed by atoms with Crippen molar-refractivity contribution in [3.05, 3.63) is 35.9 Å². The minimum Gasteiger partial charge on any atom is -0.466 e. The van der Waals surface area contributed by atoms with E-state index in [1.807, 2.05) is 35.2 Å². The predicted octanol–water partition coefficient (Wildman–Crippen LogP) is 2.18. The number of esters is 2. The summed E-state index contributed by atoms with van der Waals surface area (Å²) in [6.45, 7) is 4.67. The first-order valence-corrected chi connectivity index (χ1v) is 7.17. The molecule has 0 aromatic heterocycles. The first-order valence-electron chi connectivity index (χ1n) is 7.17. The zero-order valence-electron chi connectivity index (χ0n) is 12.9. The van der Waals surface area contributed by atoms with E-state index in [9.17, 15) is 9.59 Å². The van der Waals surface area contributed by atoms with E-state index in [4.69, 9.17) is 9.47 Å². The molecular weight excluding hydrogens is 270 g/mol. The van der Waals surface area contributed by atoms with Gasteiger partial charge in [0.1, 0.15) is 6.04 Å². The van der Waals surface area contributed by atoms with Crippen molar-refractivity contribution in [3.8, 4) is 0 Å². The van der Waals surface area contributed by atoms with Gasteiger partial charge in [-0.25, -0.2) is 4.79 Å². The Hall–Kier alpha value is -1.88. The normalized spacial score (nSPS) is 12.0. The number of nitrogens with zero attached hydrogens (tertiary/aromatic N) is 1. The van der Waals surface area contributed by atoms with Gasteiger partial charge in [-0.05, 0) is 26.5 Å². The Morgan fingerprint density at radius 3 is 2.29 bits per heavy atom. The summed E-state index contributed by atoms with van der Waals surface area (Å²) in [4.78, 5) is 25.4. The third kappa shape index (κ3) is 5.55. The third-order valence-corrected chi connectivity index (χ3v) is 3.04. The summed E-state index contributed by atoms with van der Waals surface area (Å²) in [5.41, 5.74) is 0.849. The van der Waals surface area contributed by atoms with Crippen molar-refractivity contribution in [3.63, 3.8) is 0 Å². The first-order chi connectivity index (χ1) is 10.1. The van der Waals surface area contributed by atoms with Gasteiger partial charge in [0.25, 0.3) is 0 Å². The molecule has 1 aromatic rings. The SMILES string of the molecule is CCOC(=O)CCN(C)[C@@H](C(=O)OCC)c1ccccc1. The summed E-state index contributed by atoms with van der Waals surface area (Å²) in [5.74, 6) is -0.574. The Morgan fingerprint density at radius 1 is 1.10 bits per heavy atom. The van der Waals surface area contributed by atoms with Gasteiger partial charge in [0, 0.05) is 6.54 Å². The number of ether oxygens (including phenoxy) is 2. The molecule has 0 heterocycles. The molecular formula is C16H23NO4. The molecule has 1 rings (SSSR count). The van der Waals surface area contributed by atoms with E-state index in [0.29, 0.717) is 19.8 Å². The number of likely N-dealkylation sites (N-methyl/N-ethyl adjacent to an activating group) is 1. The molecule has 0 saturated carbocycles. The first kappa shape index (κ1) is 17.2. The molecule has 0 unspecified atom stereocenters. The summed E-state index contributed by atoms with van der Waals surface area (Å²) >= 11 is 0. The van der Waals surface area contributed by atoms with E-state index >= 15 is 0 Å². The quantitative estimate of drug-likeness (QED) is 0.688.